The lowest BCUT2D eigenvalue weighted by Crippen LogP contribution is -2.23. The molecule has 0 aliphatic heterocycles. The van der Waals surface area contributed by atoms with E-state index in [2.05, 4.69) is 0 Å². The summed E-state index contributed by atoms with van der Waals surface area (Å²) in [6, 6.07) is 7.92. The van der Waals surface area contributed by atoms with E-state index in [-0.39, 0.29) is 18.0 Å². The fraction of sp³-hybridized carbons (Fsp3) is 0.652. The van der Waals surface area contributed by atoms with Gasteiger partial charge in [0, 0.05) is 6.42 Å². The van der Waals surface area contributed by atoms with E-state index in [1.54, 1.807) is 0 Å². The molecular formula is C23H36O4. The number of hydrogen-bond donors (Lipinski definition) is 1. The molecule has 0 bridgehead atoms. The van der Waals surface area contributed by atoms with Crippen molar-refractivity contribution in [3.05, 3.63) is 35.4 Å². The molecule has 0 saturated heterocycles. The number of aryl methyl sites for hydroxylation is 1. The Balaban J connectivity index is 1.96. The van der Waals surface area contributed by atoms with Crippen molar-refractivity contribution in [3.8, 4) is 0 Å². The van der Waals surface area contributed by atoms with Gasteiger partial charge in [-0.1, -0.05) is 62.8 Å². The topological polar surface area (TPSA) is 63.6 Å². The van der Waals surface area contributed by atoms with Crippen LogP contribution in [0.1, 0.15) is 89.7 Å². The molecule has 0 spiro atoms. The SMILES string of the molecule is CC(C)(C)OC(=O)CCCCCCCCCCc1ccc(CC(=O)O)cc1. The number of carboxylic acid groups (broad SMARTS) is 1. The largest absolute Gasteiger partial charge is 0.481 e. The highest BCUT2D eigenvalue weighted by atomic mass is 16.6. The molecule has 4 nitrogen and oxygen atoms in total. The maximum Gasteiger partial charge on any atom is 0.307 e. The molecular weight excluding hydrogens is 340 g/mol. The highest BCUT2D eigenvalue weighted by Gasteiger charge is 2.15. The lowest BCUT2D eigenvalue weighted by molar-refractivity contribution is -0.155. The summed E-state index contributed by atoms with van der Waals surface area (Å²) >= 11 is 0. The molecule has 0 aliphatic carbocycles. The first-order valence-electron chi connectivity index (χ1n) is 10.3. The van der Waals surface area contributed by atoms with Crippen LogP contribution >= 0.6 is 0 Å². The Bertz CT molecular complexity index is 555. The second-order valence-electron chi connectivity index (χ2n) is 8.30. The summed E-state index contributed by atoms with van der Waals surface area (Å²) in [6.07, 6.45) is 11.0. The average Bonchev–Trinajstić information content (AvgIpc) is 2.56. The van der Waals surface area contributed by atoms with Gasteiger partial charge in [0.2, 0.25) is 0 Å². The number of hydrogen-bond acceptors (Lipinski definition) is 3. The van der Waals surface area contributed by atoms with Crippen LogP contribution in [0.15, 0.2) is 24.3 Å². The van der Waals surface area contributed by atoms with E-state index in [4.69, 9.17) is 9.84 Å². The van der Waals surface area contributed by atoms with Gasteiger partial charge >= 0.3 is 11.9 Å². The molecule has 27 heavy (non-hydrogen) atoms. The van der Waals surface area contributed by atoms with E-state index in [0.717, 1.165) is 24.8 Å². The molecule has 1 aromatic carbocycles. The van der Waals surface area contributed by atoms with Crippen molar-refractivity contribution >= 4 is 11.9 Å². The van der Waals surface area contributed by atoms with Crippen molar-refractivity contribution in [2.24, 2.45) is 0 Å². The quantitative estimate of drug-likeness (QED) is 0.354. The van der Waals surface area contributed by atoms with Gasteiger partial charge in [0.15, 0.2) is 0 Å². The maximum atomic E-state index is 11.6. The van der Waals surface area contributed by atoms with Crippen molar-refractivity contribution < 1.29 is 19.4 Å². The van der Waals surface area contributed by atoms with E-state index in [0.29, 0.717) is 6.42 Å². The number of unbranched alkanes of at least 4 members (excludes halogenated alkanes) is 7. The number of ether oxygens (including phenoxy) is 1. The number of carboxylic acids is 1. The predicted molar refractivity (Wildman–Crippen MR) is 109 cm³/mol. The minimum absolute atomic E-state index is 0.0847. The Morgan fingerprint density at radius 1 is 0.815 bits per heavy atom. The van der Waals surface area contributed by atoms with Crippen molar-refractivity contribution in [1.82, 2.24) is 0 Å². The van der Waals surface area contributed by atoms with Crippen molar-refractivity contribution in [2.45, 2.75) is 97.0 Å². The van der Waals surface area contributed by atoms with Crippen LogP contribution in [0.2, 0.25) is 0 Å². The van der Waals surface area contributed by atoms with Gasteiger partial charge in [-0.3, -0.25) is 9.59 Å². The summed E-state index contributed by atoms with van der Waals surface area (Å²) in [5.41, 5.74) is 1.77. The van der Waals surface area contributed by atoms with Crippen LogP contribution in [0.3, 0.4) is 0 Å². The summed E-state index contributed by atoms with van der Waals surface area (Å²) in [6.45, 7) is 5.71. The van der Waals surface area contributed by atoms with Crippen LogP contribution in [0.5, 0.6) is 0 Å². The van der Waals surface area contributed by atoms with Gasteiger partial charge < -0.3 is 9.84 Å². The average molecular weight is 377 g/mol. The van der Waals surface area contributed by atoms with Gasteiger partial charge in [0.05, 0.1) is 6.42 Å². The Labute approximate surface area is 164 Å². The zero-order valence-corrected chi connectivity index (χ0v) is 17.3. The zero-order chi connectivity index (χ0) is 20.1. The van der Waals surface area contributed by atoms with Gasteiger partial charge in [-0.15, -0.1) is 0 Å². The van der Waals surface area contributed by atoms with Crippen LogP contribution < -0.4 is 0 Å². The lowest BCUT2D eigenvalue weighted by Gasteiger charge is -2.19. The molecule has 1 aromatic rings. The van der Waals surface area contributed by atoms with Gasteiger partial charge in [-0.25, -0.2) is 0 Å². The molecule has 0 heterocycles. The number of esters is 1. The lowest BCUT2D eigenvalue weighted by atomic mass is 10.0. The number of carbonyl (C=O) groups is 2. The summed E-state index contributed by atoms with van der Waals surface area (Å²) < 4.78 is 5.30. The van der Waals surface area contributed by atoms with Crippen molar-refractivity contribution in [1.29, 1.82) is 0 Å². The maximum absolute atomic E-state index is 11.6. The minimum Gasteiger partial charge on any atom is -0.481 e. The molecule has 0 radical (unpaired) electrons. The summed E-state index contributed by atoms with van der Waals surface area (Å²) in [4.78, 5) is 22.3. The fourth-order valence-electron chi connectivity index (χ4n) is 3.05. The van der Waals surface area contributed by atoms with Crippen molar-refractivity contribution in [2.75, 3.05) is 0 Å². The molecule has 0 aromatic heterocycles. The number of benzene rings is 1. The van der Waals surface area contributed by atoms with Crippen molar-refractivity contribution in [3.63, 3.8) is 0 Å². The van der Waals surface area contributed by atoms with Crippen LogP contribution in [0, 0.1) is 0 Å². The normalized spacial score (nSPS) is 11.4. The van der Waals surface area contributed by atoms with E-state index in [1.165, 1.54) is 44.1 Å². The molecule has 1 rings (SSSR count). The Kier molecular flexibility index (Phi) is 10.8. The molecule has 0 fully saturated rings. The summed E-state index contributed by atoms with van der Waals surface area (Å²) in [5, 5.41) is 8.77. The minimum atomic E-state index is -0.785. The monoisotopic (exact) mass is 376 g/mol. The van der Waals surface area contributed by atoms with Crippen LogP contribution in [-0.4, -0.2) is 22.6 Å². The van der Waals surface area contributed by atoms with E-state index in [1.807, 2.05) is 45.0 Å². The zero-order valence-electron chi connectivity index (χ0n) is 17.3. The second kappa shape index (κ2) is 12.5. The van der Waals surface area contributed by atoms with Gasteiger partial charge in [-0.05, 0) is 51.2 Å². The van der Waals surface area contributed by atoms with Gasteiger partial charge in [0.25, 0.3) is 0 Å². The highest BCUT2D eigenvalue weighted by molar-refractivity contribution is 5.70. The fourth-order valence-corrected chi connectivity index (χ4v) is 3.05. The molecule has 1 N–H and O–H groups in total. The number of carbonyl (C=O) groups excluding carboxylic acids is 1. The molecule has 0 amide bonds. The van der Waals surface area contributed by atoms with E-state index >= 15 is 0 Å². The van der Waals surface area contributed by atoms with Crippen LogP contribution in [0.25, 0.3) is 0 Å². The first-order valence-corrected chi connectivity index (χ1v) is 10.3. The second-order valence-corrected chi connectivity index (χ2v) is 8.30. The Morgan fingerprint density at radius 3 is 1.81 bits per heavy atom. The smallest absolute Gasteiger partial charge is 0.307 e. The van der Waals surface area contributed by atoms with Gasteiger partial charge in [-0.2, -0.15) is 0 Å². The summed E-state index contributed by atoms with van der Waals surface area (Å²) in [7, 11) is 0. The molecule has 0 atom stereocenters. The third-order valence-electron chi connectivity index (χ3n) is 4.39. The molecule has 0 saturated carbocycles. The van der Waals surface area contributed by atoms with E-state index < -0.39 is 5.97 Å². The van der Waals surface area contributed by atoms with Crippen LogP contribution in [0.4, 0.5) is 0 Å². The molecule has 152 valence electrons. The highest BCUT2D eigenvalue weighted by Crippen LogP contribution is 2.14. The molecule has 4 heteroatoms. The standard InChI is InChI=1S/C23H36O4/c1-23(2,3)27-22(26)13-11-9-7-5-4-6-8-10-12-19-14-16-20(17-15-19)18-21(24)25/h14-17H,4-13,18H2,1-3H3,(H,24,25). The third-order valence-corrected chi connectivity index (χ3v) is 4.39. The first-order chi connectivity index (χ1) is 12.8. The predicted octanol–water partition coefficient (Wildman–Crippen LogP) is 5.71. The molecule has 0 aliphatic rings. The van der Waals surface area contributed by atoms with E-state index in [9.17, 15) is 9.59 Å². The number of aliphatic carboxylic acids is 1. The third kappa shape index (κ3) is 13.0. The number of rotatable bonds is 13. The van der Waals surface area contributed by atoms with Gasteiger partial charge in [0.1, 0.15) is 5.60 Å². The Morgan fingerprint density at radius 2 is 1.30 bits per heavy atom. The molecule has 0 unspecified atom stereocenters. The van der Waals surface area contributed by atoms with Crippen LogP contribution in [-0.2, 0) is 27.2 Å². The first kappa shape index (κ1) is 23.2. The summed E-state index contributed by atoms with van der Waals surface area (Å²) in [5.74, 6) is -0.869. The Hall–Kier alpha value is -1.84.